The maximum atomic E-state index is 5.74. The normalized spacial score (nSPS) is 18.9. The van der Waals surface area contributed by atoms with Crippen molar-refractivity contribution >= 4 is 21.9 Å². The lowest BCUT2D eigenvalue weighted by Crippen LogP contribution is -2.34. The number of benzene rings is 2. The highest BCUT2D eigenvalue weighted by Gasteiger charge is 2.25. The highest BCUT2D eigenvalue weighted by Crippen LogP contribution is 2.33. The third kappa shape index (κ3) is 4.14. The molecule has 1 aliphatic carbocycles. The highest BCUT2D eigenvalue weighted by atomic mass is 16.3. The Hall–Kier alpha value is -3.38. The average Bonchev–Trinajstić information content (AvgIpc) is 3.63. The predicted octanol–water partition coefficient (Wildman–Crippen LogP) is 6.12. The van der Waals surface area contributed by atoms with E-state index in [1.165, 1.54) is 59.5 Å². The van der Waals surface area contributed by atoms with Gasteiger partial charge in [-0.05, 0) is 81.3 Å². The first-order valence-corrected chi connectivity index (χ1v) is 12.3. The van der Waals surface area contributed by atoms with Crippen LogP contribution in [-0.4, -0.2) is 37.7 Å². The molecule has 6 nitrogen and oxygen atoms in total. The van der Waals surface area contributed by atoms with E-state index in [1.54, 1.807) is 12.7 Å². The minimum atomic E-state index is 0.657. The molecule has 0 radical (unpaired) electrons. The quantitative estimate of drug-likeness (QED) is 0.323. The van der Waals surface area contributed by atoms with Crippen LogP contribution in [0.25, 0.3) is 27.6 Å². The van der Waals surface area contributed by atoms with Gasteiger partial charge in [0.15, 0.2) is 0 Å². The third-order valence-electron chi connectivity index (χ3n) is 7.71. The van der Waals surface area contributed by atoms with Crippen molar-refractivity contribution in [2.24, 2.45) is 5.92 Å². The summed E-state index contributed by atoms with van der Waals surface area (Å²) in [6.45, 7) is 0.955. The number of rotatable bonds is 7. The van der Waals surface area contributed by atoms with Crippen LogP contribution in [0.3, 0.4) is 0 Å². The minimum absolute atomic E-state index is 0.657. The number of nitrogens with one attached hydrogen (secondary N) is 1. The van der Waals surface area contributed by atoms with E-state index in [2.05, 4.69) is 63.7 Å². The van der Waals surface area contributed by atoms with Gasteiger partial charge < -0.3 is 9.40 Å². The molecule has 6 heteroatoms. The van der Waals surface area contributed by atoms with E-state index in [0.717, 1.165) is 30.2 Å². The van der Waals surface area contributed by atoms with E-state index in [4.69, 9.17) is 4.42 Å². The van der Waals surface area contributed by atoms with Crippen molar-refractivity contribution < 1.29 is 4.42 Å². The number of aryl methyl sites for hydroxylation is 1. The average molecular weight is 454 g/mol. The maximum absolute atomic E-state index is 5.74. The fraction of sp³-hybridized carbons (Fsp3) is 0.357. The zero-order valence-corrected chi connectivity index (χ0v) is 19.7. The van der Waals surface area contributed by atoms with Gasteiger partial charge in [0, 0.05) is 46.3 Å². The molecule has 1 aliphatic rings. The Morgan fingerprint density at radius 2 is 1.82 bits per heavy atom. The van der Waals surface area contributed by atoms with E-state index in [1.807, 2.05) is 23.0 Å². The summed E-state index contributed by atoms with van der Waals surface area (Å²) >= 11 is 0. The number of furan rings is 1. The molecule has 5 aromatic rings. The number of hydrogen-bond donors (Lipinski definition) is 1. The van der Waals surface area contributed by atoms with Gasteiger partial charge in [0.25, 0.3) is 0 Å². The molecular formula is C28H31N5O. The number of para-hydroxylation sites is 1. The van der Waals surface area contributed by atoms with Crippen LogP contribution in [0.15, 0.2) is 72.0 Å². The van der Waals surface area contributed by atoms with Gasteiger partial charge in [-0.2, -0.15) is 0 Å². The number of fused-ring (bicyclic) bond motifs is 2. The lowest BCUT2D eigenvalue weighted by molar-refractivity contribution is 0.156. The van der Waals surface area contributed by atoms with Crippen LogP contribution < -0.4 is 0 Å². The molecule has 1 N–H and O–H groups in total. The summed E-state index contributed by atoms with van der Waals surface area (Å²) in [7, 11) is 2.27. The topological polar surface area (TPSA) is 62.9 Å². The first-order chi connectivity index (χ1) is 16.7. The summed E-state index contributed by atoms with van der Waals surface area (Å²) in [4.78, 5) is 5.98. The molecule has 0 unspecified atom stereocenters. The van der Waals surface area contributed by atoms with Crippen molar-refractivity contribution in [1.29, 1.82) is 0 Å². The molecule has 3 aromatic heterocycles. The first-order valence-electron chi connectivity index (χ1n) is 12.3. The Morgan fingerprint density at radius 3 is 2.68 bits per heavy atom. The third-order valence-corrected chi connectivity index (χ3v) is 7.71. The van der Waals surface area contributed by atoms with Gasteiger partial charge in [-0.15, -0.1) is 10.2 Å². The van der Waals surface area contributed by atoms with Crippen LogP contribution >= 0.6 is 0 Å². The van der Waals surface area contributed by atoms with Crippen molar-refractivity contribution in [3.63, 3.8) is 0 Å². The van der Waals surface area contributed by atoms with Gasteiger partial charge in [-0.1, -0.05) is 18.2 Å². The monoisotopic (exact) mass is 453 g/mol. The predicted molar refractivity (Wildman–Crippen MR) is 135 cm³/mol. The summed E-state index contributed by atoms with van der Waals surface area (Å²) in [6.07, 6.45) is 15.2. The number of H-pyrrole nitrogens is 1. The Bertz CT molecular complexity index is 1370. The summed E-state index contributed by atoms with van der Waals surface area (Å²) in [5.41, 5.74) is 6.00. The van der Waals surface area contributed by atoms with Crippen LogP contribution in [0.2, 0.25) is 0 Å². The largest absolute Gasteiger partial charge is 0.464 e. The summed E-state index contributed by atoms with van der Waals surface area (Å²) in [6, 6.07) is 15.5. The van der Waals surface area contributed by atoms with Crippen molar-refractivity contribution in [3.05, 3.63) is 78.7 Å². The molecule has 1 saturated carbocycles. The van der Waals surface area contributed by atoms with Gasteiger partial charge in [0.05, 0.1) is 6.26 Å². The SMILES string of the molecule is CN(Cc1coc2ccccc12)C1CCC(CCc2c[nH]c3ccc(-n4cnnc4)cc23)CC1. The van der Waals surface area contributed by atoms with E-state index < -0.39 is 0 Å². The van der Waals surface area contributed by atoms with Gasteiger partial charge in [-0.3, -0.25) is 9.47 Å². The Labute approximate surface area is 199 Å². The number of aromatic amines is 1. The second-order valence-corrected chi connectivity index (χ2v) is 9.80. The van der Waals surface area contributed by atoms with Crippen LogP contribution in [0.4, 0.5) is 0 Å². The second kappa shape index (κ2) is 9.11. The number of hydrogen-bond acceptors (Lipinski definition) is 4. The molecule has 0 bridgehead atoms. The lowest BCUT2D eigenvalue weighted by atomic mass is 9.82. The van der Waals surface area contributed by atoms with E-state index in [-0.39, 0.29) is 0 Å². The molecule has 0 saturated heterocycles. The molecule has 0 atom stereocenters. The Morgan fingerprint density at radius 1 is 1.00 bits per heavy atom. The van der Waals surface area contributed by atoms with Gasteiger partial charge in [0.2, 0.25) is 0 Å². The lowest BCUT2D eigenvalue weighted by Gasteiger charge is -2.34. The minimum Gasteiger partial charge on any atom is -0.464 e. The molecular weight excluding hydrogens is 422 g/mol. The second-order valence-electron chi connectivity index (χ2n) is 9.80. The molecule has 0 aliphatic heterocycles. The van der Waals surface area contributed by atoms with Crippen LogP contribution in [0, 0.1) is 5.92 Å². The molecule has 6 rings (SSSR count). The van der Waals surface area contributed by atoms with Crippen molar-refractivity contribution in [3.8, 4) is 5.69 Å². The molecule has 1 fully saturated rings. The zero-order chi connectivity index (χ0) is 22.9. The number of aromatic nitrogens is 4. The van der Waals surface area contributed by atoms with Gasteiger partial charge in [0.1, 0.15) is 18.2 Å². The van der Waals surface area contributed by atoms with Crippen molar-refractivity contribution in [1.82, 2.24) is 24.6 Å². The van der Waals surface area contributed by atoms with E-state index in [9.17, 15) is 0 Å². The van der Waals surface area contributed by atoms with E-state index in [0.29, 0.717) is 6.04 Å². The molecule has 2 aromatic carbocycles. The standard InChI is InChI=1S/C28H31N5O/c1-32(16-22-17-34-28-5-3-2-4-25(22)28)23-10-7-20(8-11-23)6-9-21-15-29-27-13-12-24(14-26(21)27)33-18-30-31-19-33/h2-5,12-15,17-20,23,29H,6-11,16H2,1H3. The highest BCUT2D eigenvalue weighted by molar-refractivity contribution is 5.85. The fourth-order valence-corrected chi connectivity index (χ4v) is 5.65. The maximum Gasteiger partial charge on any atom is 0.134 e. The van der Waals surface area contributed by atoms with Gasteiger partial charge in [-0.25, -0.2) is 0 Å². The molecule has 0 spiro atoms. The van der Waals surface area contributed by atoms with Crippen LogP contribution in [0.1, 0.15) is 43.2 Å². The molecule has 3 heterocycles. The zero-order valence-electron chi connectivity index (χ0n) is 19.7. The molecule has 34 heavy (non-hydrogen) atoms. The fourth-order valence-electron chi connectivity index (χ4n) is 5.65. The summed E-state index contributed by atoms with van der Waals surface area (Å²) in [5, 5.41) is 10.4. The van der Waals surface area contributed by atoms with E-state index >= 15 is 0 Å². The smallest absolute Gasteiger partial charge is 0.134 e. The van der Waals surface area contributed by atoms with Crippen LogP contribution in [0.5, 0.6) is 0 Å². The molecule has 0 amide bonds. The van der Waals surface area contributed by atoms with Crippen LogP contribution in [-0.2, 0) is 13.0 Å². The van der Waals surface area contributed by atoms with Crippen molar-refractivity contribution in [2.75, 3.05) is 7.05 Å². The first kappa shape index (κ1) is 21.2. The Balaban J connectivity index is 1.05. The number of nitrogens with zero attached hydrogens (tertiary/aromatic N) is 4. The van der Waals surface area contributed by atoms with Gasteiger partial charge >= 0.3 is 0 Å². The summed E-state index contributed by atoms with van der Waals surface area (Å²) < 4.78 is 7.70. The Kier molecular flexibility index (Phi) is 5.67. The molecule has 174 valence electrons. The van der Waals surface area contributed by atoms with Crippen molar-refractivity contribution in [2.45, 2.75) is 51.1 Å². The summed E-state index contributed by atoms with van der Waals surface area (Å²) in [5.74, 6) is 0.811.